The molecule has 0 N–H and O–H groups in total. The van der Waals surface area contributed by atoms with Gasteiger partial charge in [0.15, 0.2) is 0 Å². The van der Waals surface area contributed by atoms with Crippen LogP contribution in [0.25, 0.3) is 22.2 Å². The standard InChI is InChI=1S/C26H26FN3O3/c1-15-9-11-16(12-10-15)20-19-21(28(4)25(32)29(5)24(19)31)22-23(17-7-6-8-18(27)13-17)33-14-26(2,3)30(20)22/h6-13,23H,14H2,1-5H3. The van der Waals surface area contributed by atoms with E-state index in [0.717, 1.165) is 21.4 Å². The predicted octanol–water partition coefficient (Wildman–Crippen LogP) is 4.01. The van der Waals surface area contributed by atoms with Crippen molar-refractivity contribution in [1.82, 2.24) is 13.7 Å². The van der Waals surface area contributed by atoms with Crippen molar-refractivity contribution in [2.45, 2.75) is 32.4 Å². The predicted molar refractivity (Wildman–Crippen MR) is 126 cm³/mol. The third-order valence-electron chi connectivity index (χ3n) is 6.54. The third-order valence-corrected chi connectivity index (χ3v) is 6.54. The zero-order valence-corrected chi connectivity index (χ0v) is 19.3. The van der Waals surface area contributed by atoms with Crippen LogP contribution in [0.5, 0.6) is 0 Å². The minimum Gasteiger partial charge on any atom is -0.365 e. The highest BCUT2D eigenvalue weighted by Gasteiger charge is 2.40. The van der Waals surface area contributed by atoms with Crippen molar-refractivity contribution in [3.8, 4) is 11.3 Å². The second-order valence-electron chi connectivity index (χ2n) is 9.42. The van der Waals surface area contributed by atoms with Crippen molar-refractivity contribution in [2.24, 2.45) is 14.1 Å². The van der Waals surface area contributed by atoms with Crippen LogP contribution >= 0.6 is 0 Å². The van der Waals surface area contributed by atoms with Gasteiger partial charge in [-0.1, -0.05) is 42.0 Å². The number of fused-ring (bicyclic) bond motifs is 3. The number of ether oxygens (including phenoxy) is 1. The summed E-state index contributed by atoms with van der Waals surface area (Å²) in [6.07, 6.45) is -0.631. The molecule has 0 saturated carbocycles. The second kappa shape index (κ2) is 7.28. The molecule has 0 fully saturated rings. The lowest BCUT2D eigenvalue weighted by Crippen LogP contribution is -2.40. The van der Waals surface area contributed by atoms with E-state index in [0.29, 0.717) is 28.8 Å². The molecule has 1 unspecified atom stereocenters. The minimum atomic E-state index is -0.631. The van der Waals surface area contributed by atoms with E-state index in [1.165, 1.54) is 23.7 Å². The molecule has 2 aromatic carbocycles. The highest BCUT2D eigenvalue weighted by molar-refractivity contribution is 5.96. The van der Waals surface area contributed by atoms with Gasteiger partial charge in [-0.25, -0.2) is 9.18 Å². The van der Waals surface area contributed by atoms with Crippen molar-refractivity contribution in [3.63, 3.8) is 0 Å². The maximum absolute atomic E-state index is 14.2. The SMILES string of the molecule is Cc1ccc(-c2c3c(=O)n(C)c(=O)n(C)c3c3n2C(C)(C)COC3c2cccc(F)c2)cc1. The molecular formula is C26H26FN3O3. The van der Waals surface area contributed by atoms with Gasteiger partial charge in [0.25, 0.3) is 5.56 Å². The summed E-state index contributed by atoms with van der Waals surface area (Å²) >= 11 is 0. The fraction of sp³-hybridized carbons (Fsp3) is 0.308. The molecule has 1 aliphatic heterocycles. The number of aromatic nitrogens is 3. The van der Waals surface area contributed by atoms with E-state index in [2.05, 4.69) is 4.57 Å². The van der Waals surface area contributed by atoms with Gasteiger partial charge in [-0.2, -0.15) is 0 Å². The normalized spacial score (nSPS) is 17.3. The van der Waals surface area contributed by atoms with Gasteiger partial charge in [0.2, 0.25) is 0 Å². The summed E-state index contributed by atoms with van der Waals surface area (Å²) in [5, 5.41) is 0.457. The molecule has 2 aromatic heterocycles. The van der Waals surface area contributed by atoms with Crippen LogP contribution in [0.4, 0.5) is 4.39 Å². The first kappa shape index (κ1) is 21.4. The topological polar surface area (TPSA) is 58.2 Å². The van der Waals surface area contributed by atoms with Crippen LogP contribution in [-0.4, -0.2) is 20.3 Å². The van der Waals surface area contributed by atoms with E-state index in [1.54, 1.807) is 19.2 Å². The Morgan fingerprint density at radius 3 is 2.39 bits per heavy atom. The number of nitrogens with zero attached hydrogens (tertiary/aromatic N) is 3. The number of halogens is 1. The molecule has 0 saturated heterocycles. The summed E-state index contributed by atoms with van der Waals surface area (Å²) in [6, 6.07) is 14.3. The molecule has 0 bridgehead atoms. The van der Waals surface area contributed by atoms with Gasteiger partial charge in [-0.05, 0) is 44.0 Å². The Labute approximate surface area is 190 Å². The van der Waals surface area contributed by atoms with Gasteiger partial charge < -0.3 is 9.30 Å². The summed E-state index contributed by atoms with van der Waals surface area (Å²) in [4.78, 5) is 26.5. The lowest BCUT2D eigenvalue weighted by Gasteiger charge is -2.39. The molecular weight excluding hydrogens is 421 g/mol. The first-order valence-electron chi connectivity index (χ1n) is 10.9. The van der Waals surface area contributed by atoms with Gasteiger partial charge in [0.1, 0.15) is 11.9 Å². The Balaban J connectivity index is 2.01. The number of hydrogen-bond acceptors (Lipinski definition) is 3. The molecule has 1 aliphatic rings. The zero-order chi connectivity index (χ0) is 23.7. The summed E-state index contributed by atoms with van der Waals surface area (Å²) in [5.41, 5.74) is 3.26. The molecule has 170 valence electrons. The molecule has 0 radical (unpaired) electrons. The number of hydrogen-bond donors (Lipinski definition) is 0. The minimum absolute atomic E-state index is 0.356. The molecule has 0 amide bonds. The smallest absolute Gasteiger partial charge is 0.331 e. The molecule has 4 aromatic rings. The van der Waals surface area contributed by atoms with Crippen LogP contribution in [0.3, 0.4) is 0 Å². The van der Waals surface area contributed by atoms with Crippen LogP contribution in [-0.2, 0) is 24.4 Å². The highest BCUT2D eigenvalue weighted by atomic mass is 19.1. The lowest BCUT2D eigenvalue weighted by molar-refractivity contribution is -0.00718. The van der Waals surface area contributed by atoms with Gasteiger partial charge in [-0.15, -0.1) is 0 Å². The molecule has 3 heterocycles. The molecule has 33 heavy (non-hydrogen) atoms. The maximum Gasteiger partial charge on any atom is 0.331 e. The number of rotatable bonds is 2. The van der Waals surface area contributed by atoms with E-state index in [1.807, 2.05) is 45.0 Å². The summed E-state index contributed by atoms with van der Waals surface area (Å²) in [7, 11) is 3.15. The average molecular weight is 448 g/mol. The monoisotopic (exact) mass is 447 g/mol. The van der Waals surface area contributed by atoms with Crippen LogP contribution in [0.2, 0.25) is 0 Å². The van der Waals surface area contributed by atoms with Crippen molar-refractivity contribution < 1.29 is 9.13 Å². The Hall–Kier alpha value is -3.45. The largest absolute Gasteiger partial charge is 0.365 e. The van der Waals surface area contributed by atoms with Gasteiger partial charge in [0, 0.05) is 14.1 Å². The highest BCUT2D eigenvalue weighted by Crippen LogP contribution is 2.45. The van der Waals surface area contributed by atoms with Crippen molar-refractivity contribution in [1.29, 1.82) is 0 Å². The first-order valence-corrected chi connectivity index (χ1v) is 10.9. The van der Waals surface area contributed by atoms with E-state index in [9.17, 15) is 14.0 Å². The van der Waals surface area contributed by atoms with Gasteiger partial charge >= 0.3 is 5.69 Å². The molecule has 5 rings (SSSR count). The summed E-state index contributed by atoms with van der Waals surface area (Å²) in [6.45, 7) is 6.44. The molecule has 1 atom stereocenters. The van der Waals surface area contributed by atoms with E-state index < -0.39 is 17.3 Å². The summed E-state index contributed by atoms with van der Waals surface area (Å²) in [5.74, 6) is -0.369. The second-order valence-corrected chi connectivity index (χ2v) is 9.42. The average Bonchev–Trinajstić information content (AvgIpc) is 3.14. The van der Waals surface area contributed by atoms with Crippen LogP contribution in [0, 0.1) is 12.7 Å². The Morgan fingerprint density at radius 1 is 1.03 bits per heavy atom. The van der Waals surface area contributed by atoms with Crippen LogP contribution in [0.15, 0.2) is 58.1 Å². The number of benzene rings is 2. The first-order chi connectivity index (χ1) is 15.6. The third kappa shape index (κ3) is 3.10. The quantitative estimate of drug-likeness (QED) is 0.467. The van der Waals surface area contributed by atoms with E-state index in [-0.39, 0.29) is 11.4 Å². The van der Waals surface area contributed by atoms with E-state index in [4.69, 9.17) is 4.74 Å². The Morgan fingerprint density at radius 2 is 1.73 bits per heavy atom. The van der Waals surface area contributed by atoms with Crippen molar-refractivity contribution in [2.75, 3.05) is 6.61 Å². The molecule has 6 nitrogen and oxygen atoms in total. The molecule has 0 spiro atoms. The van der Waals surface area contributed by atoms with Crippen LogP contribution in [0.1, 0.15) is 36.8 Å². The number of aryl methyl sites for hydroxylation is 2. The van der Waals surface area contributed by atoms with Crippen molar-refractivity contribution >= 4 is 10.9 Å². The molecule has 7 heteroatoms. The van der Waals surface area contributed by atoms with Gasteiger partial charge in [0.05, 0.1) is 34.4 Å². The fourth-order valence-electron chi connectivity index (χ4n) is 4.91. The summed E-state index contributed by atoms with van der Waals surface area (Å²) < 4.78 is 25.2. The van der Waals surface area contributed by atoms with Crippen LogP contribution < -0.4 is 11.2 Å². The van der Waals surface area contributed by atoms with Crippen molar-refractivity contribution in [3.05, 3.63) is 92.0 Å². The molecule has 0 aliphatic carbocycles. The lowest BCUT2D eigenvalue weighted by atomic mass is 9.98. The zero-order valence-electron chi connectivity index (χ0n) is 19.3. The Bertz CT molecular complexity index is 1520. The Kier molecular flexibility index (Phi) is 4.72. The van der Waals surface area contributed by atoms with E-state index >= 15 is 0 Å². The fourth-order valence-corrected chi connectivity index (χ4v) is 4.91. The maximum atomic E-state index is 14.2. The van der Waals surface area contributed by atoms with Gasteiger partial charge in [-0.3, -0.25) is 13.9 Å².